The van der Waals surface area contributed by atoms with Gasteiger partial charge in [0, 0.05) is 22.7 Å². The predicted molar refractivity (Wildman–Crippen MR) is 108 cm³/mol. The van der Waals surface area contributed by atoms with Gasteiger partial charge in [0.05, 0.1) is 11.7 Å². The third-order valence-electron chi connectivity index (χ3n) is 5.25. The Morgan fingerprint density at radius 1 is 1.28 bits per heavy atom. The monoisotopic (exact) mass is 417 g/mol. The van der Waals surface area contributed by atoms with Crippen LogP contribution < -0.4 is 15.4 Å². The van der Waals surface area contributed by atoms with Gasteiger partial charge in [-0.3, -0.25) is 14.5 Å². The van der Waals surface area contributed by atoms with Gasteiger partial charge in [-0.15, -0.1) is 0 Å². The van der Waals surface area contributed by atoms with Crippen LogP contribution in [0.2, 0.25) is 5.02 Å². The number of rotatable bonds is 5. The van der Waals surface area contributed by atoms with Crippen LogP contribution in [-0.2, 0) is 4.79 Å². The van der Waals surface area contributed by atoms with Crippen molar-refractivity contribution < 1.29 is 18.7 Å². The molecule has 29 heavy (non-hydrogen) atoms. The number of benzene rings is 2. The van der Waals surface area contributed by atoms with Crippen molar-refractivity contribution in [3.63, 3.8) is 0 Å². The molecular weight excluding hydrogens is 397 g/mol. The minimum atomic E-state index is -0.374. The van der Waals surface area contributed by atoms with Gasteiger partial charge in [-0.25, -0.2) is 4.39 Å². The molecule has 4 rings (SSSR count). The summed E-state index contributed by atoms with van der Waals surface area (Å²) in [4.78, 5) is 26.2. The first-order valence-electron chi connectivity index (χ1n) is 9.56. The molecule has 2 N–H and O–H groups in total. The molecule has 1 fully saturated rings. The number of ether oxygens (including phenoxy) is 1. The van der Waals surface area contributed by atoms with Gasteiger partial charge in [0.15, 0.2) is 6.61 Å². The number of carbonyl (C=O) groups excluding carboxylic acids is 2. The molecule has 0 aromatic heterocycles. The van der Waals surface area contributed by atoms with Crippen molar-refractivity contribution in [2.75, 3.05) is 31.6 Å². The summed E-state index contributed by atoms with van der Waals surface area (Å²) in [5.41, 5.74) is 1.35. The molecule has 2 aliphatic rings. The first-order chi connectivity index (χ1) is 14.0. The van der Waals surface area contributed by atoms with E-state index < -0.39 is 0 Å². The molecule has 8 heteroatoms. The predicted octanol–water partition coefficient (Wildman–Crippen LogP) is 3.38. The number of fused-ring (bicyclic) bond motifs is 1. The van der Waals surface area contributed by atoms with Crippen molar-refractivity contribution in [3.8, 4) is 5.75 Å². The summed E-state index contributed by atoms with van der Waals surface area (Å²) in [5.74, 6) is -0.457. The Labute approximate surface area is 173 Å². The number of halogens is 2. The number of hydrogen-bond acceptors (Lipinski definition) is 4. The van der Waals surface area contributed by atoms with Crippen molar-refractivity contribution in [2.45, 2.75) is 18.9 Å². The molecular formula is C21H21ClFN3O3. The summed E-state index contributed by atoms with van der Waals surface area (Å²) in [6.07, 6.45) is 2.06. The second-order valence-electron chi connectivity index (χ2n) is 7.15. The molecule has 0 aliphatic carbocycles. The fourth-order valence-corrected chi connectivity index (χ4v) is 4.09. The van der Waals surface area contributed by atoms with Crippen molar-refractivity contribution in [2.24, 2.45) is 0 Å². The molecule has 1 saturated heterocycles. The average Bonchev–Trinajstić information content (AvgIpc) is 3.24. The standard InChI is InChI=1S/C21H21ClFN3O3/c22-14-4-3-5-15(23)20(14)17(26-8-1-2-9-26)11-24-21(28)13-6-7-16-18(10-13)29-12-19(27)25-16/h3-7,10,17H,1-2,8-9,11-12H2,(H,24,28)(H,25,27). The molecule has 1 unspecified atom stereocenters. The Balaban J connectivity index is 1.52. The van der Waals surface area contributed by atoms with Crippen LogP contribution in [-0.4, -0.2) is 43.0 Å². The molecule has 0 saturated carbocycles. The highest BCUT2D eigenvalue weighted by Crippen LogP contribution is 2.32. The molecule has 0 bridgehead atoms. The van der Waals surface area contributed by atoms with E-state index in [1.54, 1.807) is 30.3 Å². The van der Waals surface area contributed by atoms with Gasteiger partial charge in [0.25, 0.3) is 11.8 Å². The molecule has 1 atom stereocenters. The lowest BCUT2D eigenvalue weighted by Crippen LogP contribution is -2.37. The van der Waals surface area contributed by atoms with Crippen molar-refractivity contribution in [3.05, 3.63) is 58.4 Å². The van der Waals surface area contributed by atoms with Gasteiger partial charge in [0.1, 0.15) is 11.6 Å². The Hall–Kier alpha value is -2.64. The smallest absolute Gasteiger partial charge is 0.262 e. The molecule has 2 amide bonds. The van der Waals surface area contributed by atoms with Crippen LogP contribution in [0.1, 0.15) is 34.8 Å². The maximum atomic E-state index is 14.5. The molecule has 2 aliphatic heterocycles. The third-order valence-corrected chi connectivity index (χ3v) is 5.58. The van der Waals surface area contributed by atoms with Crippen LogP contribution in [0.3, 0.4) is 0 Å². The van der Waals surface area contributed by atoms with Gasteiger partial charge >= 0.3 is 0 Å². The van der Waals surface area contributed by atoms with E-state index in [2.05, 4.69) is 15.5 Å². The average molecular weight is 418 g/mol. The third kappa shape index (κ3) is 4.21. The first-order valence-corrected chi connectivity index (χ1v) is 9.93. The van der Waals surface area contributed by atoms with Crippen molar-refractivity contribution in [1.82, 2.24) is 10.2 Å². The van der Waals surface area contributed by atoms with Gasteiger partial charge in [-0.05, 0) is 56.3 Å². The number of nitrogens with zero attached hydrogens (tertiary/aromatic N) is 1. The Bertz CT molecular complexity index is 927. The fraction of sp³-hybridized carbons (Fsp3) is 0.333. The topological polar surface area (TPSA) is 70.7 Å². The number of amides is 2. The number of carbonyl (C=O) groups is 2. The summed E-state index contributed by atoms with van der Waals surface area (Å²) in [7, 11) is 0. The van der Waals surface area contributed by atoms with Crippen LogP contribution in [0.4, 0.5) is 10.1 Å². The van der Waals surface area contributed by atoms with Crippen molar-refractivity contribution in [1.29, 1.82) is 0 Å². The maximum Gasteiger partial charge on any atom is 0.262 e. The highest BCUT2D eigenvalue weighted by atomic mass is 35.5. The lowest BCUT2D eigenvalue weighted by Gasteiger charge is -2.29. The Kier molecular flexibility index (Phi) is 5.69. The van der Waals surface area contributed by atoms with E-state index in [0.717, 1.165) is 25.9 Å². The summed E-state index contributed by atoms with van der Waals surface area (Å²) < 4.78 is 19.9. The highest BCUT2D eigenvalue weighted by molar-refractivity contribution is 6.31. The minimum absolute atomic E-state index is 0.0825. The quantitative estimate of drug-likeness (QED) is 0.782. The van der Waals surface area contributed by atoms with Gasteiger partial charge in [0.2, 0.25) is 0 Å². The summed E-state index contributed by atoms with van der Waals surface area (Å²) in [6, 6.07) is 9.12. The maximum absolute atomic E-state index is 14.5. The van der Waals surface area contributed by atoms with E-state index in [1.165, 1.54) is 6.07 Å². The molecule has 152 valence electrons. The summed E-state index contributed by atoms with van der Waals surface area (Å²) in [6.45, 7) is 1.81. The highest BCUT2D eigenvalue weighted by Gasteiger charge is 2.28. The van der Waals surface area contributed by atoms with E-state index in [-0.39, 0.29) is 36.8 Å². The van der Waals surface area contributed by atoms with Crippen LogP contribution >= 0.6 is 11.6 Å². The van der Waals surface area contributed by atoms with Crippen molar-refractivity contribution >= 4 is 29.1 Å². The van der Waals surface area contributed by atoms with Crippen LogP contribution in [0.25, 0.3) is 0 Å². The first kappa shape index (κ1) is 19.7. The number of nitrogens with one attached hydrogen (secondary N) is 2. The Morgan fingerprint density at radius 3 is 2.83 bits per heavy atom. The van der Waals surface area contributed by atoms with E-state index >= 15 is 0 Å². The molecule has 0 spiro atoms. The zero-order valence-electron chi connectivity index (χ0n) is 15.7. The normalized spacial score (nSPS) is 17.2. The van der Waals surface area contributed by atoms with Crippen LogP contribution in [0, 0.1) is 5.82 Å². The molecule has 2 aromatic rings. The van der Waals surface area contributed by atoms with Gasteiger partial charge < -0.3 is 15.4 Å². The van der Waals surface area contributed by atoms with Crippen LogP contribution in [0.15, 0.2) is 36.4 Å². The van der Waals surface area contributed by atoms with E-state index in [4.69, 9.17) is 16.3 Å². The second-order valence-corrected chi connectivity index (χ2v) is 7.56. The van der Waals surface area contributed by atoms with E-state index in [1.807, 2.05) is 0 Å². The van der Waals surface area contributed by atoms with Gasteiger partial charge in [-0.2, -0.15) is 0 Å². The number of likely N-dealkylation sites (tertiary alicyclic amines) is 1. The summed E-state index contributed by atoms with van der Waals surface area (Å²) in [5, 5.41) is 5.94. The lowest BCUT2D eigenvalue weighted by atomic mass is 10.0. The molecule has 2 heterocycles. The lowest BCUT2D eigenvalue weighted by molar-refractivity contribution is -0.118. The summed E-state index contributed by atoms with van der Waals surface area (Å²) >= 11 is 6.30. The zero-order valence-corrected chi connectivity index (χ0v) is 16.5. The fourth-order valence-electron chi connectivity index (χ4n) is 3.80. The molecule has 6 nitrogen and oxygen atoms in total. The SMILES string of the molecule is O=C1COc2cc(C(=O)NCC(c3c(F)cccc3Cl)N3CCCC3)ccc2N1. The number of anilines is 1. The minimum Gasteiger partial charge on any atom is -0.482 e. The van der Waals surface area contributed by atoms with E-state index in [9.17, 15) is 14.0 Å². The second kappa shape index (κ2) is 8.39. The number of hydrogen-bond donors (Lipinski definition) is 2. The molecule has 2 aromatic carbocycles. The largest absolute Gasteiger partial charge is 0.482 e. The van der Waals surface area contributed by atoms with Gasteiger partial charge in [-0.1, -0.05) is 17.7 Å². The van der Waals surface area contributed by atoms with Crippen LogP contribution in [0.5, 0.6) is 5.75 Å². The Morgan fingerprint density at radius 2 is 2.07 bits per heavy atom. The van der Waals surface area contributed by atoms with E-state index in [0.29, 0.717) is 27.6 Å². The molecule has 0 radical (unpaired) electrons. The zero-order chi connectivity index (χ0) is 20.4.